The molecule has 96 valence electrons. The van der Waals surface area contributed by atoms with E-state index in [1.165, 1.54) is 0 Å². The topological polar surface area (TPSA) is 70.1 Å². The number of hydrogen-bond acceptors (Lipinski definition) is 3. The number of halogens is 1. The zero-order valence-corrected chi connectivity index (χ0v) is 11.2. The molecule has 4 nitrogen and oxygen atoms in total. The molecule has 0 aliphatic rings. The quantitative estimate of drug-likeness (QED) is 0.851. The van der Waals surface area contributed by atoms with E-state index in [1.807, 2.05) is 19.9 Å². The van der Waals surface area contributed by atoms with E-state index < -0.39 is 0 Å². The Kier molecular flexibility index (Phi) is 4.99. The van der Waals surface area contributed by atoms with E-state index in [9.17, 15) is 4.79 Å². The van der Waals surface area contributed by atoms with Crippen molar-refractivity contribution in [3.05, 3.63) is 28.8 Å². The minimum Gasteiger partial charge on any atom is -0.399 e. The fraction of sp³-hybridized carbons (Fsp3) is 0.385. The number of carbonyl (C=O) groups excluding carboxylic acids is 1. The van der Waals surface area contributed by atoms with Crippen LogP contribution in [0.25, 0.3) is 0 Å². The first-order valence-corrected chi connectivity index (χ1v) is 6.08. The lowest BCUT2D eigenvalue weighted by Gasteiger charge is -2.26. The van der Waals surface area contributed by atoms with Gasteiger partial charge in [0.1, 0.15) is 0 Å². The van der Waals surface area contributed by atoms with Gasteiger partial charge in [0.05, 0.1) is 23.1 Å². The van der Waals surface area contributed by atoms with E-state index in [1.54, 1.807) is 23.1 Å². The zero-order chi connectivity index (χ0) is 13.7. The highest BCUT2D eigenvalue weighted by molar-refractivity contribution is 6.34. The molecule has 1 aromatic carbocycles. The molecule has 0 aromatic heterocycles. The average molecular weight is 266 g/mol. The van der Waals surface area contributed by atoms with Crippen molar-refractivity contribution in [1.29, 1.82) is 5.26 Å². The van der Waals surface area contributed by atoms with Crippen LogP contribution in [0, 0.1) is 11.3 Å². The Labute approximate surface area is 112 Å². The summed E-state index contributed by atoms with van der Waals surface area (Å²) < 4.78 is 0. The average Bonchev–Trinajstić information content (AvgIpc) is 2.28. The molecule has 0 aliphatic heterocycles. The fourth-order valence-electron chi connectivity index (χ4n) is 1.62. The molecule has 1 amide bonds. The summed E-state index contributed by atoms with van der Waals surface area (Å²) in [5.74, 6) is -0.176. The highest BCUT2D eigenvalue weighted by atomic mass is 35.5. The van der Waals surface area contributed by atoms with Gasteiger partial charge in [-0.1, -0.05) is 11.6 Å². The van der Waals surface area contributed by atoms with Crippen molar-refractivity contribution in [3.8, 4) is 6.07 Å². The number of amides is 1. The second kappa shape index (κ2) is 6.27. The summed E-state index contributed by atoms with van der Waals surface area (Å²) in [5.41, 5.74) is 6.52. The van der Waals surface area contributed by atoms with Crippen LogP contribution in [0.1, 0.15) is 30.6 Å². The highest BCUT2D eigenvalue weighted by Gasteiger charge is 2.20. The van der Waals surface area contributed by atoms with Crippen LogP contribution in [0.4, 0.5) is 5.69 Å². The van der Waals surface area contributed by atoms with E-state index in [0.29, 0.717) is 29.2 Å². The molecule has 0 heterocycles. The maximum atomic E-state index is 12.3. The van der Waals surface area contributed by atoms with E-state index in [0.717, 1.165) is 0 Å². The molecule has 0 radical (unpaired) electrons. The number of nitriles is 1. The first-order chi connectivity index (χ1) is 8.47. The molecule has 0 spiro atoms. The van der Waals surface area contributed by atoms with Gasteiger partial charge in [-0.2, -0.15) is 5.26 Å². The maximum Gasteiger partial charge on any atom is 0.255 e. The Bertz CT molecular complexity index is 480. The van der Waals surface area contributed by atoms with Crippen molar-refractivity contribution >= 4 is 23.2 Å². The molecular weight excluding hydrogens is 250 g/mol. The Balaban J connectivity index is 2.99. The van der Waals surface area contributed by atoms with Crippen LogP contribution in [0.2, 0.25) is 5.02 Å². The predicted octanol–water partition coefficient (Wildman–Crippen LogP) is 2.69. The molecule has 0 atom stereocenters. The standard InChI is InChI=1S/C13H16ClN3O/c1-9(2)17(7-3-6-15)13(18)11-5-4-10(16)8-12(11)14/h4-5,8-9H,3,7,16H2,1-2H3. The second-order valence-electron chi connectivity index (χ2n) is 4.24. The number of nitrogens with zero attached hydrogens (tertiary/aromatic N) is 2. The van der Waals surface area contributed by atoms with Gasteiger partial charge in [-0.25, -0.2) is 0 Å². The number of carbonyl (C=O) groups is 1. The summed E-state index contributed by atoms with van der Waals surface area (Å²) >= 11 is 6.01. The van der Waals surface area contributed by atoms with Gasteiger partial charge in [-0.05, 0) is 32.0 Å². The van der Waals surface area contributed by atoms with Crippen molar-refractivity contribution in [3.63, 3.8) is 0 Å². The molecule has 0 saturated carbocycles. The van der Waals surface area contributed by atoms with Crippen LogP contribution in [0.15, 0.2) is 18.2 Å². The Hall–Kier alpha value is -1.73. The molecule has 0 bridgehead atoms. The molecule has 0 saturated heterocycles. The largest absolute Gasteiger partial charge is 0.399 e. The number of nitrogen functional groups attached to an aromatic ring is 1. The Morgan fingerprint density at radius 3 is 2.72 bits per heavy atom. The van der Waals surface area contributed by atoms with Gasteiger partial charge in [0, 0.05) is 18.3 Å². The fourth-order valence-corrected chi connectivity index (χ4v) is 1.89. The lowest BCUT2D eigenvalue weighted by molar-refractivity contribution is 0.0710. The second-order valence-corrected chi connectivity index (χ2v) is 4.65. The molecule has 0 fully saturated rings. The van der Waals surface area contributed by atoms with Crippen molar-refractivity contribution < 1.29 is 4.79 Å². The summed E-state index contributed by atoms with van der Waals surface area (Å²) in [6.45, 7) is 4.20. The van der Waals surface area contributed by atoms with E-state index >= 15 is 0 Å². The maximum absolute atomic E-state index is 12.3. The Morgan fingerprint density at radius 2 is 2.22 bits per heavy atom. The molecule has 1 rings (SSSR count). The van der Waals surface area contributed by atoms with Crippen molar-refractivity contribution in [2.45, 2.75) is 26.3 Å². The Morgan fingerprint density at radius 1 is 1.56 bits per heavy atom. The summed E-state index contributed by atoms with van der Waals surface area (Å²) in [7, 11) is 0. The van der Waals surface area contributed by atoms with Gasteiger partial charge in [0.15, 0.2) is 0 Å². The lowest BCUT2D eigenvalue weighted by Crippen LogP contribution is -2.37. The van der Waals surface area contributed by atoms with Crippen molar-refractivity contribution in [1.82, 2.24) is 4.90 Å². The van der Waals surface area contributed by atoms with Gasteiger partial charge in [-0.3, -0.25) is 4.79 Å². The first kappa shape index (κ1) is 14.3. The summed E-state index contributed by atoms with van der Waals surface area (Å²) in [5, 5.41) is 8.95. The third kappa shape index (κ3) is 3.38. The predicted molar refractivity (Wildman–Crippen MR) is 72.3 cm³/mol. The summed E-state index contributed by atoms with van der Waals surface area (Å²) in [4.78, 5) is 13.9. The molecule has 0 unspecified atom stereocenters. The monoisotopic (exact) mass is 265 g/mol. The van der Waals surface area contributed by atoms with Crippen LogP contribution in [0.3, 0.4) is 0 Å². The third-order valence-electron chi connectivity index (χ3n) is 2.57. The van der Waals surface area contributed by atoms with Crippen LogP contribution < -0.4 is 5.73 Å². The SMILES string of the molecule is CC(C)N(CCC#N)C(=O)c1ccc(N)cc1Cl. The summed E-state index contributed by atoms with van der Waals surface area (Å²) in [6.07, 6.45) is 0.302. The molecular formula is C13H16ClN3O. The first-order valence-electron chi connectivity index (χ1n) is 5.70. The van der Waals surface area contributed by atoms with Gasteiger partial charge >= 0.3 is 0 Å². The number of rotatable bonds is 4. The molecule has 18 heavy (non-hydrogen) atoms. The highest BCUT2D eigenvalue weighted by Crippen LogP contribution is 2.21. The van der Waals surface area contributed by atoms with Gasteiger partial charge in [0.2, 0.25) is 0 Å². The van der Waals surface area contributed by atoms with Gasteiger partial charge in [0.25, 0.3) is 5.91 Å². The van der Waals surface area contributed by atoms with Gasteiger partial charge < -0.3 is 10.6 Å². The minimum atomic E-state index is -0.176. The normalized spacial score (nSPS) is 10.2. The molecule has 0 aliphatic carbocycles. The lowest BCUT2D eigenvalue weighted by atomic mass is 10.1. The number of anilines is 1. The molecule has 5 heteroatoms. The van der Waals surface area contributed by atoms with E-state index in [-0.39, 0.29) is 11.9 Å². The molecule has 1 aromatic rings. The van der Waals surface area contributed by atoms with Crippen LogP contribution in [-0.2, 0) is 0 Å². The van der Waals surface area contributed by atoms with Crippen LogP contribution in [-0.4, -0.2) is 23.4 Å². The third-order valence-corrected chi connectivity index (χ3v) is 2.88. The van der Waals surface area contributed by atoms with Crippen molar-refractivity contribution in [2.24, 2.45) is 0 Å². The summed E-state index contributed by atoms with van der Waals surface area (Å²) in [6, 6.07) is 6.86. The number of benzene rings is 1. The zero-order valence-electron chi connectivity index (χ0n) is 10.5. The van der Waals surface area contributed by atoms with Gasteiger partial charge in [-0.15, -0.1) is 0 Å². The number of nitrogens with two attached hydrogens (primary N) is 1. The molecule has 2 N–H and O–H groups in total. The van der Waals surface area contributed by atoms with E-state index in [4.69, 9.17) is 22.6 Å². The minimum absolute atomic E-state index is 0.0134. The van der Waals surface area contributed by atoms with Crippen LogP contribution >= 0.6 is 11.6 Å². The number of hydrogen-bond donors (Lipinski definition) is 1. The van der Waals surface area contributed by atoms with E-state index in [2.05, 4.69) is 0 Å². The smallest absolute Gasteiger partial charge is 0.255 e. The van der Waals surface area contributed by atoms with Crippen molar-refractivity contribution in [2.75, 3.05) is 12.3 Å². The van der Waals surface area contributed by atoms with Crippen LogP contribution in [0.5, 0.6) is 0 Å².